The lowest BCUT2D eigenvalue weighted by atomic mass is 10.1. The Bertz CT molecular complexity index is 1320. The summed E-state index contributed by atoms with van der Waals surface area (Å²) in [4.78, 5) is 23.9. The van der Waals surface area contributed by atoms with Crippen molar-refractivity contribution in [3.8, 4) is 5.69 Å². The molecule has 8 heteroatoms. The first kappa shape index (κ1) is 17.9. The summed E-state index contributed by atoms with van der Waals surface area (Å²) in [5.41, 5.74) is 3.42. The van der Waals surface area contributed by atoms with Gasteiger partial charge in [-0.2, -0.15) is 10.1 Å². The number of H-pyrrole nitrogens is 1. The number of fused-ring (bicyclic) bond motifs is 1. The van der Waals surface area contributed by atoms with E-state index in [0.29, 0.717) is 23.5 Å². The van der Waals surface area contributed by atoms with Gasteiger partial charge >= 0.3 is 0 Å². The zero-order chi connectivity index (χ0) is 20.3. The molecule has 5 aromatic rings. The van der Waals surface area contributed by atoms with Crippen molar-refractivity contribution in [3.05, 3.63) is 101 Å². The van der Waals surface area contributed by atoms with E-state index in [0.717, 1.165) is 17.8 Å². The molecule has 2 N–H and O–H groups in total. The monoisotopic (exact) mass is 397 g/mol. The predicted molar refractivity (Wildman–Crippen MR) is 115 cm³/mol. The molecule has 8 nitrogen and oxygen atoms in total. The van der Waals surface area contributed by atoms with Crippen molar-refractivity contribution in [3.63, 3.8) is 0 Å². The van der Waals surface area contributed by atoms with E-state index >= 15 is 0 Å². The lowest BCUT2D eigenvalue weighted by Gasteiger charge is -2.08. The zero-order valence-electron chi connectivity index (χ0n) is 16.1. The van der Waals surface area contributed by atoms with Crippen LogP contribution in [0.15, 0.2) is 84.3 Å². The molecule has 0 aliphatic heterocycles. The van der Waals surface area contributed by atoms with Crippen LogP contribution in [0.25, 0.3) is 16.7 Å². The second-order valence-corrected chi connectivity index (χ2v) is 6.95. The average Bonchev–Trinajstić information content (AvgIpc) is 3.44. The molecule has 2 aromatic carbocycles. The van der Waals surface area contributed by atoms with Crippen molar-refractivity contribution in [2.45, 2.75) is 13.1 Å². The molecule has 0 saturated carbocycles. The molecule has 0 bridgehead atoms. The maximum atomic E-state index is 12.5. The lowest BCUT2D eigenvalue weighted by Crippen LogP contribution is -2.13. The van der Waals surface area contributed by atoms with Crippen molar-refractivity contribution in [2.75, 3.05) is 5.32 Å². The first-order valence-electron chi connectivity index (χ1n) is 9.57. The van der Waals surface area contributed by atoms with Gasteiger partial charge < -0.3 is 9.88 Å². The van der Waals surface area contributed by atoms with Crippen LogP contribution in [0.2, 0.25) is 0 Å². The van der Waals surface area contributed by atoms with Gasteiger partial charge in [0.1, 0.15) is 5.39 Å². The number of benzene rings is 2. The minimum Gasteiger partial charge on any atom is -0.352 e. The van der Waals surface area contributed by atoms with Gasteiger partial charge in [0, 0.05) is 25.5 Å². The molecule has 0 amide bonds. The highest BCUT2D eigenvalue weighted by molar-refractivity contribution is 5.76. The van der Waals surface area contributed by atoms with Gasteiger partial charge in [-0.05, 0) is 23.3 Å². The topological polar surface area (TPSA) is 93.4 Å². The minimum atomic E-state index is -0.222. The van der Waals surface area contributed by atoms with Crippen molar-refractivity contribution in [1.29, 1.82) is 0 Å². The van der Waals surface area contributed by atoms with Gasteiger partial charge in [-0.3, -0.25) is 9.78 Å². The molecule has 3 heterocycles. The first-order valence-corrected chi connectivity index (χ1v) is 9.57. The predicted octanol–water partition coefficient (Wildman–Crippen LogP) is 2.97. The van der Waals surface area contributed by atoms with Crippen LogP contribution < -0.4 is 10.9 Å². The van der Waals surface area contributed by atoms with Crippen LogP contribution in [0.3, 0.4) is 0 Å². The maximum Gasteiger partial charge on any atom is 0.263 e. The highest BCUT2D eigenvalue weighted by Gasteiger charge is 2.11. The number of hydrogen-bond acceptors (Lipinski definition) is 5. The Morgan fingerprint density at radius 2 is 1.80 bits per heavy atom. The molecule has 148 valence electrons. The summed E-state index contributed by atoms with van der Waals surface area (Å²) in [5, 5.41) is 7.98. The molecular formula is C22H19N7O. The quantitative estimate of drug-likeness (QED) is 0.459. The van der Waals surface area contributed by atoms with E-state index in [1.165, 1.54) is 11.8 Å². The van der Waals surface area contributed by atoms with Crippen molar-refractivity contribution in [1.82, 2.24) is 29.3 Å². The summed E-state index contributed by atoms with van der Waals surface area (Å²) < 4.78 is 3.69. The Kier molecular flexibility index (Phi) is 4.57. The summed E-state index contributed by atoms with van der Waals surface area (Å²) in [6.45, 7) is 1.32. The van der Waals surface area contributed by atoms with Crippen LogP contribution in [0.5, 0.6) is 0 Å². The van der Waals surface area contributed by atoms with Gasteiger partial charge in [0.05, 0.1) is 18.2 Å². The molecule has 0 atom stereocenters. The standard InChI is InChI=1S/C22H19N7O/c30-21-19-13-25-29(18-4-2-1-3-5-18)20(19)26-22(27-21)24-12-16-6-8-17(9-7-16)14-28-11-10-23-15-28/h1-11,13,15H,12,14H2,(H2,24,26,27,30). The number of aromatic nitrogens is 6. The second kappa shape index (κ2) is 7.67. The van der Waals surface area contributed by atoms with Crippen LogP contribution in [0, 0.1) is 0 Å². The summed E-state index contributed by atoms with van der Waals surface area (Å²) in [5.74, 6) is 0.410. The molecule has 0 unspecified atom stereocenters. The summed E-state index contributed by atoms with van der Waals surface area (Å²) in [6.07, 6.45) is 7.05. The number of imidazole rings is 1. The van der Waals surface area contributed by atoms with Gasteiger partial charge in [-0.25, -0.2) is 9.67 Å². The Morgan fingerprint density at radius 3 is 2.57 bits per heavy atom. The van der Waals surface area contributed by atoms with Gasteiger partial charge in [0.2, 0.25) is 5.95 Å². The zero-order valence-corrected chi connectivity index (χ0v) is 16.1. The third-order valence-electron chi connectivity index (χ3n) is 4.85. The SMILES string of the molecule is O=c1[nH]c(NCc2ccc(Cn3ccnc3)cc2)nc2c1cnn2-c1ccccc1. The van der Waals surface area contributed by atoms with Gasteiger partial charge in [0.25, 0.3) is 5.56 Å². The highest BCUT2D eigenvalue weighted by Crippen LogP contribution is 2.15. The Hall–Kier alpha value is -4.20. The molecule has 0 spiro atoms. The van der Waals surface area contributed by atoms with E-state index < -0.39 is 0 Å². The van der Waals surface area contributed by atoms with E-state index in [2.05, 4.69) is 49.6 Å². The Balaban J connectivity index is 1.35. The molecule has 30 heavy (non-hydrogen) atoms. The maximum absolute atomic E-state index is 12.5. The number of hydrogen-bond donors (Lipinski definition) is 2. The van der Waals surface area contributed by atoms with E-state index in [1.54, 1.807) is 17.2 Å². The average molecular weight is 397 g/mol. The van der Waals surface area contributed by atoms with Gasteiger partial charge in [-0.15, -0.1) is 0 Å². The third kappa shape index (κ3) is 3.58. The molecule has 0 radical (unpaired) electrons. The second-order valence-electron chi connectivity index (χ2n) is 6.95. The smallest absolute Gasteiger partial charge is 0.263 e. The number of para-hydroxylation sites is 1. The third-order valence-corrected chi connectivity index (χ3v) is 4.85. The van der Waals surface area contributed by atoms with Crippen LogP contribution >= 0.6 is 0 Å². The summed E-state index contributed by atoms with van der Waals surface area (Å²) in [7, 11) is 0. The van der Waals surface area contributed by atoms with Crippen LogP contribution in [0.1, 0.15) is 11.1 Å². The molecule has 0 saturated heterocycles. The number of nitrogens with one attached hydrogen (secondary N) is 2. The number of aromatic amines is 1. The van der Waals surface area contributed by atoms with Crippen LogP contribution in [-0.4, -0.2) is 29.3 Å². The van der Waals surface area contributed by atoms with Crippen molar-refractivity contribution in [2.24, 2.45) is 0 Å². The van der Waals surface area contributed by atoms with E-state index in [-0.39, 0.29) is 5.56 Å². The largest absolute Gasteiger partial charge is 0.352 e. The summed E-state index contributed by atoms with van der Waals surface area (Å²) in [6, 6.07) is 17.9. The Labute approximate surface area is 171 Å². The molecule has 0 aliphatic rings. The fourth-order valence-corrected chi connectivity index (χ4v) is 3.30. The number of nitrogens with zero attached hydrogens (tertiary/aromatic N) is 5. The highest BCUT2D eigenvalue weighted by atomic mass is 16.1. The molecule has 0 aliphatic carbocycles. The normalized spacial score (nSPS) is 11.1. The molecular weight excluding hydrogens is 378 g/mol. The fraction of sp³-hybridized carbons (Fsp3) is 0.0909. The molecule has 5 rings (SSSR count). The first-order chi connectivity index (χ1) is 14.8. The minimum absolute atomic E-state index is 0.222. The van der Waals surface area contributed by atoms with Crippen molar-refractivity contribution >= 4 is 17.0 Å². The van der Waals surface area contributed by atoms with Gasteiger partial charge in [0.15, 0.2) is 5.65 Å². The van der Waals surface area contributed by atoms with Crippen molar-refractivity contribution < 1.29 is 0 Å². The summed E-state index contributed by atoms with van der Waals surface area (Å²) >= 11 is 0. The molecule has 3 aromatic heterocycles. The number of rotatable bonds is 6. The lowest BCUT2D eigenvalue weighted by molar-refractivity contribution is 0.797. The molecule has 0 fully saturated rings. The Morgan fingerprint density at radius 1 is 1.00 bits per heavy atom. The van der Waals surface area contributed by atoms with E-state index in [4.69, 9.17) is 0 Å². The van der Waals surface area contributed by atoms with E-state index in [1.807, 2.05) is 41.1 Å². The van der Waals surface area contributed by atoms with Crippen LogP contribution in [0.4, 0.5) is 5.95 Å². The van der Waals surface area contributed by atoms with E-state index in [9.17, 15) is 4.79 Å². The fourth-order valence-electron chi connectivity index (χ4n) is 3.30. The number of anilines is 1. The van der Waals surface area contributed by atoms with Crippen LogP contribution in [-0.2, 0) is 13.1 Å². The van der Waals surface area contributed by atoms with Gasteiger partial charge in [-0.1, -0.05) is 42.5 Å².